The number of sulfonamides is 1. The van der Waals surface area contributed by atoms with E-state index in [4.69, 9.17) is 0 Å². The van der Waals surface area contributed by atoms with E-state index in [1.54, 1.807) is 31.2 Å². The fourth-order valence-electron chi connectivity index (χ4n) is 3.43. The van der Waals surface area contributed by atoms with Gasteiger partial charge in [-0.25, -0.2) is 8.42 Å². The first-order valence-electron chi connectivity index (χ1n) is 9.47. The maximum absolute atomic E-state index is 13.3. The number of benzene rings is 2. The minimum atomic E-state index is -3.88. The summed E-state index contributed by atoms with van der Waals surface area (Å²) in [6.07, 6.45) is 0. The number of anilines is 2. The molecule has 0 spiro atoms. The van der Waals surface area contributed by atoms with Crippen molar-refractivity contribution < 1.29 is 21.9 Å². The lowest BCUT2D eigenvalue weighted by atomic mass is 10.1. The summed E-state index contributed by atoms with van der Waals surface area (Å²) in [5.74, 6) is -0.0865. The molecule has 0 aliphatic carbocycles. The SMILES string of the molecule is CCN(c1cccc(OC(F)F)c1)S(=O)(=O)c1ccc(C)c(N2CCNCC2)c1. The maximum atomic E-state index is 13.3. The van der Waals surface area contributed by atoms with E-state index in [0.29, 0.717) is 0 Å². The Morgan fingerprint density at radius 2 is 1.90 bits per heavy atom. The van der Waals surface area contributed by atoms with Crippen molar-refractivity contribution in [2.24, 2.45) is 0 Å². The Labute approximate surface area is 170 Å². The zero-order chi connectivity index (χ0) is 21.0. The van der Waals surface area contributed by atoms with Crippen molar-refractivity contribution in [3.05, 3.63) is 48.0 Å². The molecule has 9 heteroatoms. The molecule has 0 aromatic heterocycles. The van der Waals surface area contributed by atoms with E-state index in [0.717, 1.165) is 37.4 Å². The summed E-state index contributed by atoms with van der Waals surface area (Å²) in [6, 6.07) is 10.8. The van der Waals surface area contributed by atoms with Gasteiger partial charge in [-0.05, 0) is 43.7 Å². The summed E-state index contributed by atoms with van der Waals surface area (Å²) in [6.45, 7) is 4.11. The van der Waals surface area contributed by atoms with Crippen LogP contribution >= 0.6 is 0 Å². The lowest BCUT2D eigenvalue weighted by Crippen LogP contribution is -2.43. The second-order valence-electron chi connectivity index (χ2n) is 6.73. The van der Waals surface area contributed by atoms with Crippen molar-refractivity contribution in [3.63, 3.8) is 0 Å². The number of halogens is 2. The van der Waals surface area contributed by atoms with Crippen LogP contribution in [0.15, 0.2) is 47.4 Å². The van der Waals surface area contributed by atoms with Gasteiger partial charge in [0.05, 0.1) is 10.6 Å². The fraction of sp³-hybridized carbons (Fsp3) is 0.400. The van der Waals surface area contributed by atoms with Crippen molar-refractivity contribution in [3.8, 4) is 5.75 Å². The van der Waals surface area contributed by atoms with Gasteiger partial charge in [-0.1, -0.05) is 12.1 Å². The maximum Gasteiger partial charge on any atom is 0.387 e. The fourth-order valence-corrected chi connectivity index (χ4v) is 4.92. The van der Waals surface area contributed by atoms with Gasteiger partial charge >= 0.3 is 6.61 Å². The Hall–Kier alpha value is -2.39. The van der Waals surface area contributed by atoms with Gasteiger partial charge in [-0.15, -0.1) is 0 Å². The van der Waals surface area contributed by atoms with Gasteiger partial charge in [0.1, 0.15) is 5.75 Å². The third kappa shape index (κ3) is 4.79. The molecule has 2 aromatic carbocycles. The van der Waals surface area contributed by atoms with E-state index < -0.39 is 16.6 Å². The van der Waals surface area contributed by atoms with E-state index in [-0.39, 0.29) is 22.9 Å². The third-order valence-corrected chi connectivity index (χ3v) is 6.74. The zero-order valence-electron chi connectivity index (χ0n) is 16.4. The molecule has 1 aliphatic heterocycles. The van der Waals surface area contributed by atoms with Crippen LogP contribution in [0.1, 0.15) is 12.5 Å². The first-order valence-corrected chi connectivity index (χ1v) is 10.9. The van der Waals surface area contributed by atoms with Gasteiger partial charge in [0.15, 0.2) is 0 Å². The Morgan fingerprint density at radius 3 is 2.55 bits per heavy atom. The standard InChI is InChI=1S/C20H25F2N3O3S/c1-3-25(16-5-4-6-17(13-16)28-20(21)22)29(26,27)18-8-7-15(2)19(14-18)24-11-9-23-10-12-24/h4-8,13-14,20,23H,3,9-12H2,1-2H3. The quantitative estimate of drug-likeness (QED) is 0.738. The van der Waals surface area contributed by atoms with Crippen LogP contribution in [0, 0.1) is 6.92 Å². The van der Waals surface area contributed by atoms with Crippen LogP contribution in [-0.2, 0) is 10.0 Å². The van der Waals surface area contributed by atoms with Crippen molar-refractivity contribution in [1.82, 2.24) is 5.32 Å². The van der Waals surface area contributed by atoms with Crippen LogP contribution in [-0.4, -0.2) is 47.8 Å². The molecule has 1 fully saturated rings. The Balaban J connectivity index is 1.96. The number of aryl methyl sites for hydroxylation is 1. The summed E-state index contributed by atoms with van der Waals surface area (Å²) in [5, 5.41) is 3.28. The average molecular weight is 426 g/mol. The average Bonchev–Trinajstić information content (AvgIpc) is 2.69. The number of rotatable bonds is 7. The second-order valence-corrected chi connectivity index (χ2v) is 8.59. The number of ether oxygens (including phenoxy) is 1. The van der Waals surface area contributed by atoms with Crippen LogP contribution < -0.4 is 19.3 Å². The van der Waals surface area contributed by atoms with Gasteiger partial charge in [0, 0.05) is 44.5 Å². The molecule has 1 N–H and O–H groups in total. The van der Waals surface area contributed by atoms with Crippen molar-refractivity contribution >= 4 is 21.4 Å². The van der Waals surface area contributed by atoms with Gasteiger partial charge in [-0.2, -0.15) is 8.78 Å². The van der Waals surface area contributed by atoms with Crippen LogP contribution in [0.25, 0.3) is 0 Å². The Kier molecular flexibility index (Phi) is 6.59. The zero-order valence-corrected chi connectivity index (χ0v) is 17.3. The van der Waals surface area contributed by atoms with Crippen molar-refractivity contribution in [2.45, 2.75) is 25.4 Å². The van der Waals surface area contributed by atoms with Gasteiger partial charge in [0.25, 0.3) is 10.0 Å². The van der Waals surface area contributed by atoms with Crippen molar-refractivity contribution in [2.75, 3.05) is 41.9 Å². The number of hydrogen-bond donors (Lipinski definition) is 1. The lowest BCUT2D eigenvalue weighted by molar-refractivity contribution is -0.0498. The number of alkyl halides is 2. The monoisotopic (exact) mass is 425 g/mol. The van der Waals surface area contributed by atoms with Crippen LogP contribution in [0.5, 0.6) is 5.75 Å². The summed E-state index contributed by atoms with van der Waals surface area (Å²) in [4.78, 5) is 2.33. The Bertz CT molecular complexity index is 948. The van der Waals surface area contributed by atoms with Gasteiger partial charge in [0.2, 0.25) is 0 Å². The van der Waals surface area contributed by atoms with E-state index in [1.807, 2.05) is 6.92 Å². The topological polar surface area (TPSA) is 61.9 Å². The number of hydrogen-bond acceptors (Lipinski definition) is 5. The molecule has 0 bridgehead atoms. The summed E-state index contributed by atoms with van der Waals surface area (Å²) in [5.41, 5.74) is 2.16. The van der Waals surface area contributed by atoms with E-state index >= 15 is 0 Å². The summed E-state index contributed by atoms with van der Waals surface area (Å²) in [7, 11) is -3.88. The lowest BCUT2D eigenvalue weighted by Gasteiger charge is -2.31. The highest BCUT2D eigenvalue weighted by atomic mass is 32.2. The molecule has 6 nitrogen and oxygen atoms in total. The number of nitrogens with one attached hydrogen (secondary N) is 1. The molecular formula is C20H25F2N3O3S. The molecule has 1 aliphatic rings. The molecule has 29 heavy (non-hydrogen) atoms. The minimum absolute atomic E-state index is 0.0865. The molecule has 1 heterocycles. The smallest absolute Gasteiger partial charge is 0.387 e. The first kappa shape index (κ1) is 21.3. The molecule has 0 unspecified atom stereocenters. The first-order chi connectivity index (χ1) is 13.8. The molecule has 158 valence electrons. The number of piperazine rings is 1. The largest absolute Gasteiger partial charge is 0.435 e. The van der Waals surface area contributed by atoms with Gasteiger partial charge in [-0.3, -0.25) is 4.31 Å². The van der Waals surface area contributed by atoms with Crippen LogP contribution in [0.4, 0.5) is 20.2 Å². The molecule has 3 rings (SSSR count). The second kappa shape index (κ2) is 8.96. The normalized spacial score (nSPS) is 14.9. The minimum Gasteiger partial charge on any atom is -0.435 e. The predicted molar refractivity (Wildman–Crippen MR) is 110 cm³/mol. The molecule has 0 radical (unpaired) electrons. The van der Waals surface area contributed by atoms with Crippen LogP contribution in [0.3, 0.4) is 0 Å². The highest BCUT2D eigenvalue weighted by Crippen LogP contribution is 2.30. The highest BCUT2D eigenvalue weighted by Gasteiger charge is 2.26. The molecule has 0 saturated carbocycles. The molecular weight excluding hydrogens is 400 g/mol. The molecule has 0 atom stereocenters. The molecule has 0 amide bonds. The van der Waals surface area contributed by atoms with Crippen LogP contribution in [0.2, 0.25) is 0 Å². The van der Waals surface area contributed by atoms with Gasteiger partial charge < -0.3 is 15.0 Å². The summed E-state index contributed by atoms with van der Waals surface area (Å²) < 4.78 is 57.4. The summed E-state index contributed by atoms with van der Waals surface area (Å²) >= 11 is 0. The Morgan fingerprint density at radius 1 is 1.17 bits per heavy atom. The third-order valence-electron chi connectivity index (χ3n) is 4.84. The van der Waals surface area contributed by atoms with E-state index in [2.05, 4.69) is 15.0 Å². The van der Waals surface area contributed by atoms with E-state index in [9.17, 15) is 17.2 Å². The highest BCUT2D eigenvalue weighted by molar-refractivity contribution is 7.92. The number of nitrogens with zero attached hydrogens (tertiary/aromatic N) is 2. The van der Waals surface area contributed by atoms with E-state index in [1.165, 1.54) is 22.5 Å². The molecule has 2 aromatic rings. The van der Waals surface area contributed by atoms with Crippen molar-refractivity contribution in [1.29, 1.82) is 0 Å². The molecule has 1 saturated heterocycles. The predicted octanol–water partition coefficient (Wildman–Crippen LogP) is 3.22.